The average molecular weight is 312 g/mol. The van der Waals surface area contributed by atoms with Crippen LogP contribution in [0, 0.1) is 3.57 Å². The topological polar surface area (TPSA) is 20.2 Å². The fourth-order valence-corrected chi connectivity index (χ4v) is 2.45. The van der Waals surface area contributed by atoms with E-state index in [1.165, 1.54) is 8.96 Å². The van der Waals surface area contributed by atoms with Crippen molar-refractivity contribution < 1.29 is 5.11 Å². The average Bonchev–Trinajstić information content (AvgIpc) is 2.17. The Morgan fingerprint density at radius 1 is 1.00 bits per heavy atom. The number of benzene rings is 2. The summed E-state index contributed by atoms with van der Waals surface area (Å²) in [5.41, 5.74) is 0.197. The molecule has 2 heteroatoms. The predicted octanol–water partition coefficient (Wildman–Crippen LogP) is 3.67. The van der Waals surface area contributed by atoms with Crippen LogP contribution in [0.4, 0.5) is 0 Å². The largest absolute Gasteiger partial charge is 0.386 e. The second kappa shape index (κ2) is 3.76. The number of fused-ring (bicyclic) bond motifs is 1. The van der Waals surface area contributed by atoms with Crippen LogP contribution < -0.4 is 0 Å². The van der Waals surface area contributed by atoms with Crippen LogP contribution in [0.15, 0.2) is 36.4 Å². The highest BCUT2D eigenvalue weighted by atomic mass is 127. The molecule has 0 aliphatic rings. The first-order valence-electron chi connectivity index (χ1n) is 4.90. The Hall–Kier alpha value is -0.610. The molecule has 0 saturated heterocycles. The zero-order chi connectivity index (χ0) is 11.1. The molecule has 2 rings (SSSR count). The van der Waals surface area contributed by atoms with E-state index < -0.39 is 5.60 Å². The van der Waals surface area contributed by atoms with Gasteiger partial charge in [-0.1, -0.05) is 30.3 Å². The van der Waals surface area contributed by atoms with Gasteiger partial charge in [0.25, 0.3) is 0 Å². The molecule has 2 aromatic carbocycles. The Kier molecular flexibility index (Phi) is 2.73. The van der Waals surface area contributed by atoms with Gasteiger partial charge < -0.3 is 5.11 Å². The second-order valence-corrected chi connectivity index (χ2v) is 5.36. The fraction of sp³-hybridized carbons (Fsp3) is 0.231. The normalized spacial score (nSPS) is 12.0. The molecule has 0 saturated carbocycles. The molecular weight excluding hydrogens is 299 g/mol. The zero-order valence-corrected chi connectivity index (χ0v) is 10.9. The van der Waals surface area contributed by atoms with E-state index >= 15 is 0 Å². The molecule has 2 aromatic rings. The molecule has 15 heavy (non-hydrogen) atoms. The maximum absolute atomic E-state index is 10.1. The quantitative estimate of drug-likeness (QED) is 0.797. The van der Waals surface area contributed by atoms with E-state index in [-0.39, 0.29) is 0 Å². The van der Waals surface area contributed by atoms with Gasteiger partial charge in [0, 0.05) is 3.57 Å². The summed E-state index contributed by atoms with van der Waals surface area (Å²) in [4.78, 5) is 0. The summed E-state index contributed by atoms with van der Waals surface area (Å²) >= 11 is 2.32. The van der Waals surface area contributed by atoms with Crippen molar-refractivity contribution in [1.29, 1.82) is 0 Å². The van der Waals surface area contributed by atoms with Gasteiger partial charge in [-0.3, -0.25) is 0 Å². The van der Waals surface area contributed by atoms with Crippen LogP contribution in [0.2, 0.25) is 0 Å². The van der Waals surface area contributed by atoms with E-state index in [0.29, 0.717) is 0 Å². The van der Waals surface area contributed by atoms with Crippen LogP contribution in [0.25, 0.3) is 10.8 Å². The van der Waals surface area contributed by atoms with E-state index in [2.05, 4.69) is 40.8 Å². The first-order chi connectivity index (χ1) is 7.00. The number of hydrogen-bond donors (Lipinski definition) is 1. The summed E-state index contributed by atoms with van der Waals surface area (Å²) in [7, 11) is 0. The van der Waals surface area contributed by atoms with Gasteiger partial charge in [-0.25, -0.2) is 0 Å². The Morgan fingerprint density at radius 3 is 2.20 bits per heavy atom. The Balaban J connectivity index is 2.84. The van der Waals surface area contributed by atoms with Crippen LogP contribution in [0.5, 0.6) is 0 Å². The summed E-state index contributed by atoms with van der Waals surface area (Å²) in [6.07, 6.45) is 0. The molecule has 0 heterocycles. The van der Waals surface area contributed by atoms with E-state index in [9.17, 15) is 5.11 Å². The summed E-state index contributed by atoms with van der Waals surface area (Å²) in [6.45, 7) is 3.64. The van der Waals surface area contributed by atoms with E-state index in [1.54, 1.807) is 0 Å². The molecule has 0 radical (unpaired) electrons. The zero-order valence-electron chi connectivity index (χ0n) is 8.79. The molecule has 0 fully saturated rings. The lowest BCUT2D eigenvalue weighted by atomic mass is 9.93. The number of halogens is 1. The van der Waals surface area contributed by atoms with E-state index in [1.807, 2.05) is 32.0 Å². The van der Waals surface area contributed by atoms with Crippen LogP contribution in [0.3, 0.4) is 0 Å². The molecule has 0 aliphatic carbocycles. The molecule has 1 nitrogen and oxygen atoms in total. The van der Waals surface area contributed by atoms with Gasteiger partial charge in [-0.15, -0.1) is 0 Å². The second-order valence-electron chi connectivity index (χ2n) is 4.20. The molecule has 0 spiro atoms. The molecule has 0 atom stereocenters. The standard InChI is InChI=1S/C13H13IO/c1-13(2,15)11-7-8-12(14)10-6-4-3-5-9(10)11/h3-8,15H,1-2H3. The highest BCUT2D eigenvalue weighted by Crippen LogP contribution is 2.30. The van der Waals surface area contributed by atoms with E-state index in [0.717, 1.165) is 10.9 Å². The van der Waals surface area contributed by atoms with Crippen LogP contribution in [0.1, 0.15) is 19.4 Å². The first-order valence-corrected chi connectivity index (χ1v) is 5.98. The molecule has 0 amide bonds. The van der Waals surface area contributed by atoms with Crippen LogP contribution >= 0.6 is 22.6 Å². The Morgan fingerprint density at radius 2 is 1.60 bits per heavy atom. The third-order valence-electron chi connectivity index (χ3n) is 2.53. The van der Waals surface area contributed by atoms with Gasteiger partial charge in [-0.2, -0.15) is 0 Å². The van der Waals surface area contributed by atoms with Gasteiger partial charge in [-0.05, 0) is 58.8 Å². The molecule has 0 aromatic heterocycles. The van der Waals surface area contributed by atoms with Crippen molar-refractivity contribution in [3.63, 3.8) is 0 Å². The minimum Gasteiger partial charge on any atom is -0.386 e. The number of aliphatic hydroxyl groups is 1. The number of rotatable bonds is 1. The lowest BCUT2D eigenvalue weighted by Crippen LogP contribution is -2.15. The minimum atomic E-state index is -0.788. The fourth-order valence-electron chi connectivity index (χ4n) is 1.80. The van der Waals surface area contributed by atoms with E-state index in [4.69, 9.17) is 0 Å². The molecule has 78 valence electrons. The highest BCUT2D eigenvalue weighted by molar-refractivity contribution is 14.1. The van der Waals surface area contributed by atoms with Crippen molar-refractivity contribution >= 4 is 33.4 Å². The van der Waals surface area contributed by atoms with Crippen LogP contribution in [-0.4, -0.2) is 5.11 Å². The summed E-state index contributed by atoms with van der Waals surface area (Å²) in [5, 5.41) is 12.4. The summed E-state index contributed by atoms with van der Waals surface area (Å²) < 4.78 is 1.22. The Bertz CT molecular complexity index is 497. The van der Waals surface area contributed by atoms with Gasteiger partial charge >= 0.3 is 0 Å². The van der Waals surface area contributed by atoms with Gasteiger partial charge in [0.15, 0.2) is 0 Å². The molecular formula is C13H13IO. The van der Waals surface area contributed by atoms with Crippen molar-refractivity contribution in [2.24, 2.45) is 0 Å². The minimum absolute atomic E-state index is 0.788. The molecule has 0 aliphatic heterocycles. The number of hydrogen-bond acceptors (Lipinski definition) is 1. The lowest BCUT2D eigenvalue weighted by Gasteiger charge is -2.20. The summed E-state index contributed by atoms with van der Waals surface area (Å²) in [6, 6.07) is 12.2. The smallest absolute Gasteiger partial charge is 0.0846 e. The van der Waals surface area contributed by atoms with Crippen molar-refractivity contribution in [2.75, 3.05) is 0 Å². The Labute approximate surface area is 103 Å². The monoisotopic (exact) mass is 312 g/mol. The van der Waals surface area contributed by atoms with Gasteiger partial charge in [0.1, 0.15) is 0 Å². The maximum atomic E-state index is 10.1. The van der Waals surface area contributed by atoms with Crippen molar-refractivity contribution in [2.45, 2.75) is 19.4 Å². The maximum Gasteiger partial charge on any atom is 0.0846 e. The highest BCUT2D eigenvalue weighted by Gasteiger charge is 2.18. The lowest BCUT2D eigenvalue weighted by molar-refractivity contribution is 0.0802. The van der Waals surface area contributed by atoms with Crippen molar-refractivity contribution in [1.82, 2.24) is 0 Å². The van der Waals surface area contributed by atoms with Crippen molar-refractivity contribution in [3.05, 3.63) is 45.5 Å². The van der Waals surface area contributed by atoms with Crippen LogP contribution in [-0.2, 0) is 5.60 Å². The van der Waals surface area contributed by atoms with Gasteiger partial charge in [0.2, 0.25) is 0 Å². The first kappa shape index (κ1) is 10.9. The SMILES string of the molecule is CC(C)(O)c1ccc(I)c2ccccc12. The van der Waals surface area contributed by atoms with Gasteiger partial charge in [0.05, 0.1) is 5.60 Å². The molecule has 0 unspecified atom stereocenters. The molecule has 1 N–H and O–H groups in total. The third kappa shape index (κ3) is 2.01. The van der Waals surface area contributed by atoms with Crippen molar-refractivity contribution in [3.8, 4) is 0 Å². The predicted molar refractivity (Wildman–Crippen MR) is 71.9 cm³/mol. The summed E-state index contributed by atoms with van der Waals surface area (Å²) in [5.74, 6) is 0. The molecule has 0 bridgehead atoms. The third-order valence-corrected chi connectivity index (χ3v) is 3.47.